The topological polar surface area (TPSA) is 58.1 Å². The summed E-state index contributed by atoms with van der Waals surface area (Å²) >= 11 is 6.63. The van der Waals surface area contributed by atoms with Crippen LogP contribution in [0.15, 0.2) is 26.3 Å². The summed E-state index contributed by atoms with van der Waals surface area (Å²) in [5.41, 5.74) is 2.11. The van der Waals surface area contributed by atoms with Crippen LogP contribution in [-0.2, 0) is 4.79 Å². The number of hydrogen-bond donors (Lipinski definition) is 1. The number of aromatic amines is 1. The molecule has 14 heavy (non-hydrogen) atoms. The zero-order valence-electron chi connectivity index (χ0n) is 6.71. The highest BCUT2D eigenvalue weighted by Crippen LogP contribution is 2.38. The molecule has 1 aromatic heterocycles. The zero-order valence-corrected chi connectivity index (χ0v) is 9.89. The number of aliphatic imine (C=N–C) groups is 1. The van der Waals surface area contributed by atoms with Crippen molar-refractivity contribution in [2.45, 2.75) is 0 Å². The van der Waals surface area contributed by atoms with E-state index in [1.807, 2.05) is 6.07 Å². The van der Waals surface area contributed by atoms with E-state index < -0.39 is 0 Å². The number of isocyanates is 1. The van der Waals surface area contributed by atoms with Gasteiger partial charge in [0.1, 0.15) is 11.2 Å². The van der Waals surface area contributed by atoms with Gasteiger partial charge in [0, 0.05) is 4.47 Å². The predicted octanol–water partition coefficient (Wildman–Crippen LogP) is 3.06. The lowest BCUT2D eigenvalue weighted by Gasteiger charge is -2.00. The van der Waals surface area contributed by atoms with Gasteiger partial charge in [0.2, 0.25) is 6.08 Å². The fourth-order valence-electron chi connectivity index (χ4n) is 1.15. The molecule has 4 nitrogen and oxygen atoms in total. The Morgan fingerprint density at radius 3 is 3.00 bits per heavy atom. The summed E-state index contributed by atoms with van der Waals surface area (Å²) in [5.74, 6) is 0. The average Bonchev–Trinajstić information content (AvgIpc) is 2.60. The molecule has 0 spiro atoms. The third-order valence-electron chi connectivity index (χ3n) is 1.74. The molecule has 1 N–H and O–H groups in total. The fourth-order valence-corrected chi connectivity index (χ4v) is 2.55. The maximum atomic E-state index is 10.2. The van der Waals surface area contributed by atoms with Crippen LogP contribution in [0.5, 0.6) is 0 Å². The zero-order chi connectivity index (χ0) is 10.1. The second-order valence-corrected chi connectivity index (χ2v) is 4.17. The summed E-state index contributed by atoms with van der Waals surface area (Å²) < 4.78 is 1.39. The first-order valence-electron chi connectivity index (χ1n) is 3.63. The standard InChI is InChI=1S/C8H3Br2N3O/c9-4-1-5-8(12-2-11-5)6(10)7(4)13-3-14/h1-2H,(H,11,12). The van der Waals surface area contributed by atoms with E-state index in [1.165, 1.54) is 6.08 Å². The first kappa shape index (κ1) is 9.58. The Morgan fingerprint density at radius 2 is 2.29 bits per heavy atom. The van der Waals surface area contributed by atoms with Crippen molar-refractivity contribution in [2.24, 2.45) is 4.99 Å². The molecule has 6 heteroatoms. The minimum Gasteiger partial charge on any atom is -0.345 e. The third-order valence-corrected chi connectivity index (χ3v) is 3.09. The number of fused-ring (bicyclic) bond motifs is 1. The molecule has 2 aromatic rings. The monoisotopic (exact) mass is 315 g/mol. The Bertz CT molecular complexity index is 543. The molecule has 1 aromatic carbocycles. The molecule has 0 radical (unpaired) electrons. The summed E-state index contributed by atoms with van der Waals surface area (Å²) in [6, 6.07) is 1.81. The number of H-pyrrole nitrogens is 1. The van der Waals surface area contributed by atoms with Crippen LogP contribution in [0.2, 0.25) is 0 Å². The third kappa shape index (κ3) is 1.41. The molecular formula is C8H3Br2N3O. The smallest absolute Gasteiger partial charge is 0.240 e. The van der Waals surface area contributed by atoms with Gasteiger partial charge in [-0.1, -0.05) is 0 Å². The minimum absolute atomic E-state index is 0.500. The molecule has 70 valence electrons. The molecule has 1 heterocycles. The first-order chi connectivity index (χ1) is 6.74. The molecule has 0 aliphatic rings. The minimum atomic E-state index is 0.500. The van der Waals surface area contributed by atoms with Crippen molar-refractivity contribution >= 4 is 54.7 Å². The number of nitrogens with zero attached hydrogens (tertiary/aromatic N) is 2. The number of imidazole rings is 1. The van der Waals surface area contributed by atoms with Gasteiger partial charge in [-0.25, -0.2) is 9.78 Å². The summed E-state index contributed by atoms with van der Waals surface area (Å²) in [4.78, 5) is 20.8. The molecule has 0 saturated carbocycles. The van der Waals surface area contributed by atoms with Crippen LogP contribution in [0, 0.1) is 0 Å². The van der Waals surface area contributed by atoms with Gasteiger partial charge < -0.3 is 4.98 Å². The van der Waals surface area contributed by atoms with Crippen LogP contribution in [0.4, 0.5) is 5.69 Å². The van der Waals surface area contributed by atoms with E-state index in [4.69, 9.17) is 0 Å². The lowest BCUT2D eigenvalue weighted by molar-refractivity contribution is 0.565. The van der Waals surface area contributed by atoms with Crippen molar-refractivity contribution in [1.82, 2.24) is 9.97 Å². The maximum Gasteiger partial charge on any atom is 0.240 e. The van der Waals surface area contributed by atoms with Gasteiger partial charge in [0.15, 0.2) is 0 Å². The number of nitrogens with one attached hydrogen (secondary N) is 1. The highest BCUT2D eigenvalue weighted by molar-refractivity contribution is 9.11. The largest absolute Gasteiger partial charge is 0.345 e. The van der Waals surface area contributed by atoms with Gasteiger partial charge in [-0.3, -0.25) is 0 Å². The Kier molecular flexibility index (Phi) is 2.50. The second-order valence-electron chi connectivity index (χ2n) is 2.52. The number of aromatic nitrogens is 2. The van der Waals surface area contributed by atoms with Crippen molar-refractivity contribution in [3.63, 3.8) is 0 Å². The van der Waals surface area contributed by atoms with Gasteiger partial charge in [-0.2, -0.15) is 4.99 Å². The Labute approximate surface area is 95.7 Å². The van der Waals surface area contributed by atoms with Gasteiger partial charge in [0.25, 0.3) is 0 Å². The van der Waals surface area contributed by atoms with E-state index in [1.54, 1.807) is 6.33 Å². The lowest BCUT2D eigenvalue weighted by atomic mass is 10.3. The highest BCUT2D eigenvalue weighted by atomic mass is 79.9. The van der Waals surface area contributed by atoms with Crippen LogP contribution in [0.3, 0.4) is 0 Å². The van der Waals surface area contributed by atoms with Crippen molar-refractivity contribution in [3.05, 3.63) is 21.3 Å². The van der Waals surface area contributed by atoms with E-state index in [2.05, 4.69) is 46.8 Å². The van der Waals surface area contributed by atoms with Gasteiger partial charge in [-0.05, 0) is 37.9 Å². The summed E-state index contributed by atoms with van der Waals surface area (Å²) in [6.45, 7) is 0. The Morgan fingerprint density at radius 1 is 1.50 bits per heavy atom. The van der Waals surface area contributed by atoms with Crippen molar-refractivity contribution in [2.75, 3.05) is 0 Å². The van der Waals surface area contributed by atoms with Gasteiger partial charge >= 0.3 is 0 Å². The Hall–Kier alpha value is -0.970. The highest BCUT2D eigenvalue weighted by Gasteiger charge is 2.10. The lowest BCUT2D eigenvalue weighted by Crippen LogP contribution is -1.77. The molecule has 0 saturated heterocycles. The second kappa shape index (κ2) is 3.65. The van der Waals surface area contributed by atoms with Gasteiger partial charge in [-0.15, -0.1) is 0 Å². The van der Waals surface area contributed by atoms with Crippen LogP contribution < -0.4 is 0 Å². The number of hydrogen-bond acceptors (Lipinski definition) is 3. The summed E-state index contributed by atoms with van der Waals surface area (Å²) in [7, 11) is 0. The van der Waals surface area contributed by atoms with E-state index in [9.17, 15) is 4.79 Å². The fraction of sp³-hybridized carbons (Fsp3) is 0. The van der Waals surface area contributed by atoms with E-state index in [0.29, 0.717) is 14.6 Å². The number of benzene rings is 1. The van der Waals surface area contributed by atoms with Crippen LogP contribution in [0.25, 0.3) is 11.0 Å². The maximum absolute atomic E-state index is 10.2. The molecule has 0 aliphatic carbocycles. The summed E-state index contributed by atoms with van der Waals surface area (Å²) in [6.07, 6.45) is 3.08. The molecule has 0 unspecified atom stereocenters. The quantitative estimate of drug-likeness (QED) is 0.649. The van der Waals surface area contributed by atoms with Crippen LogP contribution in [-0.4, -0.2) is 16.0 Å². The molecule has 0 bridgehead atoms. The number of rotatable bonds is 1. The molecule has 0 atom stereocenters. The number of carbonyl (C=O) groups excluding carboxylic acids is 1. The molecular weight excluding hydrogens is 314 g/mol. The van der Waals surface area contributed by atoms with Crippen molar-refractivity contribution < 1.29 is 4.79 Å². The Balaban J connectivity index is 2.88. The normalized spacial score (nSPS) is 10.1. The van der Waals surface area contributed by atoms with E-state index >= 15 is 0 Å². The summed E-state index contributed by atoms with van der Waals surface area (Å²) in [5, 5.41) is 0. The van der Waals surface area contributed by atoms with E-state index in [-0.39, 0.29) is 0 Å². The van der Waals surface area contributed by atoms with Crippen LogP contribution in [0.1, 0.15) is 0 Å². The SMILES string of the molecule is O=C=Nc1c(Br)cc2[nH]cnc2c1Br. The van der Waals surface area contributed by atoms with Crippen LogP contribution >= 0.6 is 31.9 Å². The van der Waals surface area contributed by atoms with Crippen molar-refractivity contribution in [1.29, 1.82) is 0 Å². The molecule has 2 rings (SSSR count). The molecule has 0 aliphatic heterocycles. The number of halogens is 2. The van der Waals surface area contributed by atoms with Crippen molar-refractivity contribution in [3.8, 4) is 0 Å². The van der Waals surface area contributed by atoms with Gasteiger partial charge in [0.05, 0.1) is 16.3 Å². The van der Waals surface area contributed by atoms with E-state index in [0.717, 1.165) is 11.0 Å². The molecule has 0 amide bonds. The predicted molar refractivity (Wildman–Crippen MR) is 59.3 cm³/mol. The first-order valence-corrected chi connectivity index (χ1v) is 5.21. The average molecular weight is 317 g/mol. The molecule has 0 fully saturated rings.